The Bertz CT molecular complexity index is 767. The van der Waals surface area contributed by atoms with Crippen LogP contribution in [0.2, 0.25) is 0 Å². The van der Waals surface area contributed by atoms with Crippen molar-refractivity contribution < 1.29 is 4.21 Å². The first kappa shape index (κ1) is 13.3. The van der Waals surface area contributed by atoms with E-state index in [-0.39, 0.29) is 0 Å². The summed E-state index contributed by atoms with van der Waals surface area (Å²) in [7, 11) is -1.20. The highest BCUT2D eigenvalue weighted by molar-refractivity contribution is 9.10. The molecule has 3 rings (SSSR count). The average molecular weight is 350 g/mol. The van der Waals surface area contributed by atoms with Crippen LogP contribution in [0.15, 0.2) is 58.2 Å². The van der Waals surface area contributed by atoms with Crippen molar-refractivity contribution in [1.29, 1.82) is 0 Å². The van der Waals surface area contributed by atoms with Gasteiger partial charge in [-0.25, -0.2) is 4.98 Å². The SMILES string of the molecule is Nc1cc(Br)ccc1S(=O)Cc1cn2ccccc2n1. The predicted octanol–water partition coefficient (Wildman–Crippen LogP) is 2.99. The fourth-order valence-electron chi connectivity index (χ4n) is 2.00. The molecule has 3 aromatic rings. The topological polar surface area (TPSA) is 60.4 Å². The quantitative estimate of drug-likeness (QED) is 0.739. The summed E-state index contributed by atoms with van der Waals surface area (Å²) in [4.78, 5) is 5.09. The summed E-state index contributed by atoms with van der Waals surface area (Å²) in [6.45, 7) is 0. The molecule has 4 nitrogen and oxygen atoms in total. The molecule has 0 spiro atoms. The predicted molar refractivity (Wildman–Crippen MR) is 83.9 cm³/mol. The van der Waals surface area contributed by atoms with E-state index >= 15 is 0 Å². The maximum atomic E-state index is 12.4. The zero-order valence-electron chi connectivity index (χ0n) is 10.5. The fourth-order valence-corrected chi connectivity index (χ4v) is 3.48. The number of benzene rings is 1. The second-order valence-electron chi connectivity index (χ2n) is 4.37. The van der Waals surface area contributed by atoms with Gasteiger partial charge in [0.1, 0.15) is 5.65 Å². The molecule has 20 heavy (non-hydrogen) atoms. The van der Waals surface area contributed by atoms with Gasteiger partial charge >= 0.3 is 0 Å². The zero-order chi connectivity index (χ0) is 14.1. The van der Waals surface area contributed by atoms with Gasteiger partial charge in [0.15, 0.2) is 0 Å². The van der Waals surface area contributed by atoms with Crippen LogP contribution >= 0.6 is 15.9 Å². The Morgan fingerprint density at radius 2 is 2.15 bits per heavy atom. The number of hydrogen-bond donors (Lipinski definition) is 1. The lowest BCUT2D eigenvalue weighted by molar-refractivity contribution is 0.682. The Hall–Kier alpha value is -1.66. The van der Waals surface area contributed by atoms with Gasteiger partial charge in [-0.05, 0) is 30.3 Å². The summed E-state index contributed by atoms with van der Waals surface area (Å²) >= 11 is 3.34. The van der Waals surface area contributed by atoms with Crippen LogP contribution in [0.25, 0.3) is 5.65 Å². The third kappa shape index (κ3) is 2.62. The van der Waals surface area contributed by atoms with Gasteiger partial charge in [0.25, 0.3) is 0 Å². The summed E-state index contributed by atoms with van der Waals surface area (Å²) in [5, 5.41) is 0. The van der Waals surface area contributed by atoms with E-state index in [4.69, 9.17) is 5.73 Å². The lowest BCUT2D eigenvalue weighted by Gasteiger charge is -2.04. The minimum Gasteiger partial charge on any atom is -0.398 e. The lowest BCUT2D eigenvalue weighted by atomic mass is 10.3. The normalized spacial score (nSPS) is 12.7. The first-order chi connectivity index (χ1) is 9.63. The highest BCUT2D eigenvalue weighted by Crippen LogP contribution is 2.23. The average Bonchev–Trinajstić information content (AvgIpc) is 2.80. The number of rotatable bonds is 3. The molecule has 0 aliphatic carbocycles. The van der Waals surface area contributed by atoms with Gasteiger partial charge in [-0.2, -0.15) is 0 Å². The van der Waals surface area contributed by atoms with Crippen molar-refractivity contribution in [2.75, 3.05) is 5.73 Å². The molecule has 1 aromatic carbocycles. The molecular formula is C14H12BrN3OS. The van der Waals surface area contributed by atoms with Crippen molar-refractivity contribution in [1.82, 2.24) is 9.38 Å². The summed E-state index contributed by atoms with van der Waals surface area (Å²) in [5.41, 5.74) is 8.07. The smallest absolute Gasteiger partial charge is 0.137 e. The highest BCUT2D eigenvalue weighted by Gasteiger charge is 2.11. The molecule has 102 valence electrons. The van der Waals surface area contributed by atoms with E-state index in [1.807, 2.05) is 41.1 Å². The number of aromatic nitrogens is 2. The van der Waals surface area contributed by atoms with Gasteiger partial charge in [0, 0.05) is 22.6 Å². The van der Waals surface area contributed by atoms with Gasteiger partial charge in [-0.1, -0.05) is 22.0 Å². The molecule has 0 aliphatic rings. The molecule has 0 amide bonds. The van der Waals surface area contributed by atoms with Crippen LogP contribution in [0.1, 0.15) is 5.69 Å². The Morgan fingerprint density at radius 3 is 2.90 bits per heavy atom. The molecule has 1 unspecified atom stereocenters. The van der Waals surface area contributed by atoms with Gasteiger partial charge in [-0.3, -0.25) is 4.21 Å². The van der Waals surface area contributed by atoms with Crippen LogP contribution in [-0.4, -0.2) is 13.6 Å². The van der Waals surface area contributed by atoms with Crippen molar-refractivity contribution in [3.05, 3.63) is 59.0 Å². The number of halogens is 1. The summed E-state index contributed by atoms with van der Waals surface area (Å²) in [6.07, 6.45) is 3.81. The molecular weight excluding hydrogens is 338 g/mol. The second kappa shape index (κ2) is 5.38. The van der Waals surface area contributed by atoms with Crippen molar-refractivity contribution in [3.63, 3.8) is 0 Å². The highest BCUT2D eigenvalue weighted by atomic mass is 79.9. The monoisotopic (exact) mass is 349 g/mol. The van der Waals surface area contributed by atoms with Crippen molar-refractivity contribution >= 4 is 38.1 Å². The van der Waals surface area contributed by atoms with E-state index < -0.39 is 10.8 Å². The van der Waals surface area contributed by atoms with Crippen molar-refractivity contribution in [2.24, 2.45) is 0 Å². The lowest BCUT2D eigenvalue weighted by Crippen LogP contribution is -2.01. The van der Waals surface area contributed by atoms with Crippen LogP contribution in [0, 0.1) is 0 Å². The summed E-state index contributed by atoms with van der Waals surface area (Å²) in [6, 6.07) is 11.2. The number of nitrogens with two attached hydrogens (primary N) is 1. The molecule has 2 aromatic heterocycles. The van der Waals surface area contributed by atoms with Gasteiger partial charge < -0.3 is 10.1 Å². The number of nitrogen functional groups attached to an aromatic ring is 1. The molecule has 6 heteroatoms. The van der Waals surface area contributed by atoms with E-state index in [0.717, 1.165) is 15.8 Å². The number of pyridine rings is 1. The third-order valence-electron chi connectivity index (χ3n) is 2.91. The molecule has 2 N–H and O–H groups in total. The van der Waals surface area contributed by atoms with E-state index in [2.05, 4.69) is 20.9 Å². The Morgan fingerprint density at radius 1 is 1.30 bits per heavy atom. The Kier molecular flexibility index (Phi) is 3.58. The maximum absolute atomic E-state index is 12.4. The number of anilines is 1. The van der Waals surface area contributed by atoms with Gasteiger partial charge in [-0.15, -0.1) is 0 Å². The Balaban J connectivity index is 1.88. The summed E-state index contributed by atoms with van der Waals surface area (Å²) in [5.74, 6) is 0.355. The third-order valence-corrected chi connectivity index (χ3v) is 4.82. The molecule has 0 aliphatic heterocycles. The van der Waals surface area contributed by atoms with E-state index in [1.54, 1.807) is 12.1 Å². The molecule has 0 radical (unpaired) electrons. The van der Waals surface area contributed by atoms with E-state index in [9.17, 15) is 4.21 Å². The molecule has 2 heterocycles. The standard InChI is InChI=1S/C14H12BrN3OS/c15-10-4-5-13(12(16)7-10)20(19)9-11-8-18-6-2-1-3-14(18)17-11/h1-8H,9,16H2. The van der Waals surface area contributed by atoms with Crippen LogP contribution in [0.5, 0.6) is 0 Å². The molecule has 0 fully saturated rings. The first-order valence-corrected chi connectivity index (χ1v) is 8.11. The molecule has 1 atom stereocenters. The van der Waals surface area contributed by atoms with Crippen LogP contribution in [0.4, 0.5) is 5.69 Å². The van der Waals surface area contributed by atoms with Gasteiger partial charge in [0.05, 0.1) is 27.1 Å². The van der Waals surface area contributed by atoms with Crippen LogP contribution in [0.3, 0.4) is 0 Å². The number of imidazole rings is 1. The molecule has 0 bridgehead atoms. The number of hydrogen-bond acceptors (Lipinski definition) is 3. The minimum atomic E-state index is -1.20. The van der Waals surface area contributed by atoms with Gasteiger partial charge in [0.2, 0.25) is 0 Å². The second-order valence-corrected chi connectivity index (χ2v) is 6.71. The molecule has 0 saturated heterocycles. The summed E-state index contributed by atoms with van der Waals surface area (Å²) < 4.78 is 15.2. The largest absolute Gasteiger partial charge is 0.398 e. The Labute approximate surface area is 127 Å². The van der Waals surface area contributed by atoms with Crippen molar-refractivity contribution in [2.45, 2.75) is 10.6 Å². The van der Waals surface area contributed by atoms with Crippen molar-refractivity contribution in [3.8, 4) is 0 Å². The van der Waals surface area contributed by atoms with E-state index in [0.29, 0.717) is 16.3 Å². The van der Waals surface area contributed by atoms with E-state index in [1.165, 1.54) is 0 Å². The number of fused-ring (bicyclic) bond motifs is 1. The maximum Gasteiger partial charge on any atom is 0.137 e. The molecule has 0 saturated carbocycles. The van der Waals surface area contributed by atoms with Crippen LogP contribution < -0.4 is 5.73 Å². The number of nitrogens with zero attached hydrogens (tertiary/aromatic N) is 2. The first-order valence-electron chi connectivity index (χ1n) is 5.99. The fraction of sp³-hybridized carbons (Fsp3) is 0.0714. The minimum absolute atomic E-state index is 0.355. The zero-order valence-corrected chi connectivity index (χ0v) is 12.9. The van der Waals surface area contributed by atoms with Crippen LogP contribution in [-0.2, 0) is 16.6 Å².